The molecule has 1 N–H and O–H groups in total. The minimum Gasteiger partial charge on any atom is -0.456 e. The summed E-state index contributed by atoms with van der Waals surface area (Å²) in [6.07, 6.45) is 1.89. The molecule has 0 aromatic heterocycles. The first-order chi connectivity index (χ1) is 12.0. The normalized spacial score (nSPS) is 22.4. The molecule has 2 heterocycles. The lowest BCUT2D eigenvalue weighted by Crippen LogP contribution is -2.32. The van der Waals surface area contributed by atoms with Crippen molar-refractivity contribution in [2.24, 2.45) is 0 Å². The van der Waals surface area contributed by atoms with Crippen LogP contribution in [0.5, 0.6) is 0 Å². The average molecular weight is 340 g/mol. The van der Waals surface area contributed by atoms with Gasteiger partial charge in [-0.05, 0) is 25.3 Å². The van der Waals surface area contributed by atoms with E-state index in [9.17, 15) is 19.7 Å². The number of benzene rings is 1. The van der Waals surface area contributed by atoms with Crippen molar-refractivity contribution in [2.75, 3.05) is 6.61 Å². The number of cyclic esters (lactones) is 1. The molecule has 1 aromatic carbocycles. The molecule has 7 nitrogen and oxygen atoms in total. The van der Waals surface area contributed by atoms with Gasteiger partial charge in [-0.1, -0.05) is 12.1 Å². The van der Waals surface area contributed by atoms with E-state index in [-0.39, 0.29) is 18.1 Å². The second-order valence-electron chi connectivity index (χ2n) is 6.50. The van der Waals surface area contributed by atoms with Crippen molar-refractivity contribution < 1.29 is 19.2 Å². The number of nitro groups is 1. The molecule has 0 radical (unpaired) electrons. The van der Waals surface area contributed by atoms with Crippen LogP contribution in [-0.4, -0.2) is 23.3 Å². The monoisotopic (exact) mass is 340 g/mol. The first kappa shape index (κ1) is 15.6. The fourth-order valence-corrected chi connectivity index (χ4v) is 3.80. The Morgan fingerprint density at radius 3 is 2.76 bits per heavy atom. The summed E-state index contributed by atoms with van der Waals surface area (Å²) in [5.74, 6) is -1.10. The summed E-state index contributed by atoms with van der Waals surface area (Å²) in [5.41, 5.74) is 3.50. The molecule has 3 aliphatic rings. The highest BCUT2D eigenvalue weighted by atomic mass is 16.6. The van der Waals surface area contributed by atoms with Crippen molar-refractivity contribution >= 4 is 17.4 Å². The molecular weight excluding hydrogens is 324 g/mol. The van der Waals surface area contributed by atoms with Gasteiger partial charge in [-0.15, -0.1) is 0 Å². The summed E-state index contributed by atoms with van der Waals surface area (Å²) in [6.45, 7) is 1.80. The first-order valence-corrected chi connectivity index (χ1v) is 8.15. The molecule has 2 aliphatic heterocycles. The van der Waals surface area contributed by atoms with Gasteiger partial charge in [-0.2, -0.15) is 0 Å². The molecule has 0 fully saturated rings. The number of Topliss-reactive ketones (excluding diaryl/α,β-unsaturated/α-hetero) is 1. The van der Waals surface area contributed by atoms with Crippen molar-refractivity contribution in [3.63, 3.8) is 0 Å². The van der Waals surface area contributed by atoms with Gasteiger partial charge in [-0.25, -0.2) is 4.79 Å². The molecule has 0 bridgehead atoms. The largest absolute Gasteiger partial charge is 0.456 e. The predicted octanol–water partition coefficient (Wildman–Crippen LogP) is 2.41. The Hall–Kier alpha value is -2.96. The number of aryl methyl sites for hydroxylation is 1. The fraction of sp³-hybridized carbons (Fsp3) is 0.333. The zero-order valence-corrected chi connectivity index (χ0v) is 13.6. The number of nitro benzene ring substituents is 1. The van der Waals surface area contributed by atoms with E-state index in [2.05, 4.69) is 5.32 Å². The van der Waals surface area contributed by atoms with Crippen LogP contribution >= 0.6 is 0 Å². The van der Waals surface area contributed by atoms with Crippen molar-refractivity contribution in [3.8, 4) is 0 Å². The Kier molecular flexibility index (Phi) is 3.45. The van der Waals surface area contributed by atoms with E-state index in [1.807, 2.05) is 0 Å². The van der Waals surface area contributed by atoms with Gasteiger partial charge in [0.15, 0.2) is 5.78 Å². The number of esters is 1. The second kappa shape index (κ2) is 5.54. The van der Waals surface area contributed by atoms with E-state index in [1.165, 1.54) is 6.07 Å². The van der Waals surface area contributed by atoms with Gasteiger partial charge in [0.25, 0.3) is 5.69 Å². The average Bonchev–Trinajstić information content (AvgIpc) is 2.94. The Morgan fingerprint density at radius 2 is 2.00 bits per heavy atom. The Bertz CT molecular complexity index is 897. The Labute approximate surface area is 143 Å². The minimum absolute atomic E-state index is 0.0186. The van der Waals surface area contributed by atoms with Gasteiger partial charge in [0, 0.05) is 35.2 Å². The summed E-state index contributed by atoms with van der Waals surface area (Å²) in [4.78, 5) is 35.7. The third kappa shape index (κ3) is 2.34. The number of nitrogens with one attached hydrogen (secondary N) is 1. The summed E-state index contributed by atoms with van der Waals surface area (Å²) >= 11 is 0. The molecule has 25 heavy (non-hydrogen) atoms. The van der Waals surface area contributed by atoms with E-state index < -0.39 is 16.8 Å². The third-order valence-electron chi connectivity index (χ3n) is 4.99. The number of allylic oxidation sites excluding steroid dienone is 2. The molecule has 128 valence electrons. The van der Waals surface area contributed by atoms with Crippen LogP contribution < -0.4 is 5.32 Å². The quantitative estimate of drug-likeness (QED) is 0.504. The lowest BCUT2D eigenvalue weighted by atomic mass is 9.75. The molecule has 1 atom stereocenters. The number of dihydropyridines is 1. The van der Waals surface area contributed by atoms with Gasteiger partial charge in [0.05, 0.1) is 16.2 Å². The maximum atomic E-state index is 12.6. The van der Waals surface area contributed by atoms with Crippen LogP contribution in [0.3, 0.4) is 0 Å². The molecule has 0 saturated heterocycles. The number of carbonyl (C=O) groups is 2. The molecule has 0 amide bonds. The maximum Gasteiger partial charge on any atom is 0.337 e. The topological polar surface area (TPSA) is 98.5 Å². The summed E-state index contributed by atoms with van der Waals surface area (Å²) in [6, 6.07) is 4.87. The van der Waals surface area contributed by atoms with Gasteiger partial charge in [0.1, 0.15) is 6.61 Å². The lowest BCUT2D eigenvalue weighted by Gasteiger charge is -2.31. The van der Waals surface area contributed by atoms with Crippen LogP contribution in [0.4, 0.5) is 5.69 Å². The number of ether oxygens (including phenoxy) is 1. The predicted molar refractivity (Wildman–Crippen MR) is 87.6 cm³/mol. The van der Waals surface area contributed by atoms with Crippen molar-refractivity contribution in [3.05, 3.63) is 62.0 Å². The molecule has 1 aromatic rings. The number of nitrogens with zero attached hydrogens (tertiary/aromatic N) is 1. The van der Waals surface area contributed by atoms with Crippen LogP contribution in [0, 0.1) is 17.0 Å². The summed E-state index contributed by atoms with van der Waals surface area (Å²) in [5, 5.41) is 14.5. The maximum absolute atomic E-state index is 12.6. The summed E-state index contributed by atoms with van der Waals surface area (Å²) in [7, 11) is 0. The Balaban J connectivity index is 1.92. The highest BCUT2D eigenvalue weighted by molar-refractivity contribution is 6.04. The zero-order valence-electron chi connectivity index (χ0n) is 13.6. The highest BCUT2D eigenvalue weighted by Crippen LogP contribution is 2.44. The molecule has 0 spiro atoms. The smallest absolute Gasteiger partial charge is 0.337 e. The van der Waals surface area contributed by atoms with Gasteiger partial charge in [0.2, 0.25) is 0 Å². The van der Waals surface area contributed by atoms with Crippen LogP contribution in [0.1, 0.15) is 36.3 Å². The zero-order chi connectivity index (χ0) is 17.7. The number of ketones is 1. The number of hydrogen-bond acceptors (Lipinski definition) is 6. The summed E-state index contributed by atoms with van der Waals surface area (Å²) < 4.78 is 5.15. The van der Waals surface area contributed by atoms with Crippen molar-refractivity contribution in [1.82, 2.24) is 5.32 Å². The van der Waals surface area contributed by atoms with E-state index in [0.717, 1.165) is 18.5 Å². The molecule has 4 rings (SSSR count). The molecule has 0 unspecified atom stereocenters. The fourth-order valence-electron chi connectivity index (χ4n) is 3.80. The molecular formula is C18H16N2O5. The van der Waals surface area contributed by atoms with Crippen LogP contribution in [0.25, 0.3) is 0 Å². The third-order valence-corrected chi connectivity index (χ3v) is 4.99. The van der Waals surface area contributed by atoms with E-state index in [1.54, 1.807) is 19.1 Å². The van der Waals surface area contributed by atoms with E-state index >= 15 is 0 Å². The highest BCUT2D eigenvalue weighted by Gasteiger charge is 2.43. The van der Waals surface area contributed by atoms with Gasteiger partial charge < -0.3 is 10.1 Å². The molecule has 0 saturated carbocycles. The van der Waals surface area contributed by atoms with Crippen molar-refractivity contribution in [2.45, 2.75) is 32.1 Å². The van der Waals surface area contributed by atoms with Crippen LogP contribution in [0.15, 0.2) is 40.7 Å². The van der Waals surface area contributed by atoms with E-state index in [0.29, 0.717) is 34.4 Å². The van der Waals surface area contributed by atoms with Gasteiger partial charge >= 0.3 is 5.97 Å². The van der Waals surface area contributed by atoms with Crippen LogP contribution in [0.2, 0.25) is 0 Å². The lowest BCUT2D eigenvalue weighted by molar-refractivity contribution is -0.385. The SMILES string of the molecule is Cc1ccc([C@@H]2C3=C(CCCC3=O)NC3=C2C(=O)OC3)cc1[N+](=O)[O-]. The molecule has 1 aliphatic carbocycles. The number of hydrogen-bond donors (Lipinski definition) is 1. The standard InChI is InChI=1S/C18H16N2O5/c1-9-5-6-10(7-13(9)20(23)24)15-16-11(3-2-4-14(16)21)19-12-8-25-18(22)17(12)15/h5-7,15,19H,2-4,8H2,1H3/t15-/m1/s1. The second-order valence-corrected chi connectivity index (χ2v) is 6.50. The van der Waals surface area contributed by atoms with E-state index in [4.69, 9.17) is 4.74 Å². The number of carbonyl (C=O) groups excluding carboxylic acids is 2. The Morgan fingerprint density at radius 1 is 1.20 bits per heavy atom. The van der Waals surface area contributed by atoms with Crippen LogP contribution in [-0.2, 0) is 14.3 Å². The molecule has 7 heteroatoms. The van der Waals surface area contributed by atoms with Gasteiger partial charge in [-0.3, -0.25) is 14.9 Å². The van der Waals surface area contributed by atoms with Crippen molar-refractivity contribution in [1.29, 1.82) is 0 Å². The first-order valence-electron chi connectivity index (χ1n) is 8.15. The number of rotatable bonds is 2. The minimum atomic E-state index is -0.603.